The highest BCUT2D eigenvalue weighted by Crippen LogP contribution is 2.39. The standard InChI is InChI=1S/C23H23N5O/c24-18-8-1-4-15(12-18)14-29-19-9-3-7-17(13-19)20-21-22(25)26-10-11-28(21)23(27-20)16-5-2-6-16/h1,3-4,7-13,16H,2,5-6,14,24H2,(H2,25,26). The molecule has 1 aliphatic carbocycles. The Hall–Kier alpha value is -3.54. The predicted molar refractivity (Wildman–Crippen MR) is 115 cm³/mol. The lowest BCUT2D eigenvalue weighted by molar-refractivity contribution is 0.306. The third-order valence-corrected chi connectivity index (χ3v) is 5.54. The van der Waals surface area contributed by atoms with Crippen molar-refractivity contribution < 1.29 is 4.74 Å². The van der Waals surface area contributed by atoms with Crippen LogP contribution in [0, 0.1) is 0 Å². The minimum absolute atomic E-state index is 0.454. The first kappa shape index (κ1) is 17.6. The number of fused-ring (bicyclic) bond motifs is 1. The smallest absolute Gasteiger partial charge is 0.150 e. The normalized spacial score (nSPS) is 14.1. The molecule has 0 amide bonds. The van der Waals surface area contributed by atoms with E-state index in [1.807, 2.05) is 54.7 Å². The van der Waals surface area contributed by atoms with Crippen molar-refractivity contribution in [1.29, 1.82) is 0 Å². The molecular formula is C23H23N5O. The van der Waals surface area contributed by atoms with E-state index in [1.165, 1.54) is 19.3 Å². The van der Waals surface area contributed by atoms with Gasteiger partial charge in [0.2, 0.25) is 0 Å². The molecule has 146 valence electrons. The van der Waals surface area contributed by atoms with E-state index in [-0.39, 0.29) is 0 Å². The molecule has 2 aromatic heterocycles. The van der Waals surface area contributed by atoms with Crippen LogP contribution in [0.25, 0.3) is 16.8 Å². The van der Waals surface area contributed by atoms with Gasteiger partial charge in [0.15, 0.2) is 0 Å². The van der Waals surface area contributed by atoms with Gasteiger partial charge in [0.1, 0.15) is 35.2 Å². The molecular weight excluding hydrogens is 362 g/mol. The van der Waals surface area contributed by atoms with Crippen LogP contribution in [0.15, 0.2) is 60.9 Å². The SMILES string of the molecule is Nc1cccc(COc2cccc(-c3nc(C4CCC4)n4ccnc(N)c34)c2)c1. The van der Waals surface area contributed by atoms with Crippen molar-refractivity contribution in [3.05, 3.63) is 72.3 Å². The quantitative estimate of drug-likeness (QED) is 0.497. The van der Waals surface area contributed by atoms with Gasteiger partial charge >= 0.3 is 0 Å². The van der Waals surface area contributed by atoms with Crippen molar-refractivity contribution in [2.24, 2.45) is 0 Å². The average Bonchev–Trinajstić information content (AvgIpc) is 3.06. The van der Waals surface area contributed by atoms with Crippen LogP contribution in [0.5, 0.6) is 5.75 Å². The first-order valence-electron chi connectivity index (χ1n) is 9.89. The van der Waals surface area contributed by atoms with E-state index in [1.54, 1.807) is 6.20 Å². The summed E-state index contributed by atoms with van der Waals surface area (Å²) >= 11 is 0. The lowest BCUT2D eigenvalue weighted by atomic mass is 9.85. The minimum Gasteiger partial charge on any atom is -0.489 e. The van der Waals surface area contributed by atoms with Crippen LogP contribution in [-0.2, 0) is 6.61 Å². The molecule has 1 aliphatic rings. The number of aromatic nitrogens is 3. The molecule has 0 unspecified atom stereocenters. The molecule has 2 heterocycles. The number of nitrogens with two attached hydrogens (primary N) is 2. The maximum atomic E-state index is 6.24. The molecule has 0 saturated heterocycles. The van der Waals surface area contributed by atoms with Crippen LogP contribution in [0.3, 0.4) is 0 Å². The maximum absolute atomic E-state index is 6.24. The number of benzene rings is 2. The number of imidazole rings is 1. The second-order valence-electron chi connectivity index (χ2n) is 7.54. The molecule has 0 spiro atoms. The second kappa shape index (κ2) is 7.13. The van der Waals surface area contributed by atoms with Crippen molar-refractivity contribution in [3.8, 4) is 17.0 Å². The Labute approximate surface area is 169 Å². The van der Waals surface area contributed by atoms with Gasteiger partial charge < -0.3 is 16.2 Å². The van der Waals surface area contributed by atoms with E-state index in [9.17, 15) is 0 Å². The Balaban J connectivity index is 1.50. The Morgan fingerprint density at radius 1 is 1.07 bits per heavy atom. The van der Waals surface area contributed by atoms with Crippen LogP contribution in [-0.4, -0.2) is 14.4 Å². The molecule has 4 N–H and O–H groups in total. The average molecular weight is 385 g/mol. The summed E-state index contributed by atoms with van der Waals surface area (Å²) in [5, 5.41) is 0. The third-order valence-electron chi connectivity index (χ3n) is 5.54. The zero-order valence-electron chi connectivity index (χ0n) is 16.1. The van der Waals surface area contributed by atoms with Gasteiger partial charge in [-0.15, -0.1) is 0 Å². The van der Waals surface area contributed by atoms with E-state index >= 15 is 0 Å². The molecule has 0 atom stereocenters. The molecule has 29 heavy (non-hydrogen) atoms. The van der Waals surface area contributed by atoms with Crippen molar-refractivity contribution in [2.75, 3.05) is 11.5 Å². The highest BCUT2D eigenvalue weighted by molar-refractivity contribution is 5.85. The molecule has 6 heteroatoms. The predicted octanol–water partition coefficient (Wildman–Crippen LogP) is 4.41. The summed E-state index contributed by atoms with van der Waals surface area (Å²) in [6.07, 6.45) is 7.29. The summed E-state index contributed by atoms with van der Waals surface area (Å²) in [5.74, 6) is 2.83. The number of rotatable bonds is 5. The summed E-state index contributed by atoms with van der Waals surface area (Å²) < 4.78 is 8.10. The van der Waals surface area contributed by atoms with Gasteiger partial charge in [0.05, 0.1) is 0 Å². The first-order valence-corrected chi connectivity index (χ1v) is 9.89. The Morgan fingerprint density at radius 2 is 1.93 bits per heavy atom. The van der Waals surface area contributed by atoms with Gasteiger partial charge in [-0.2, -0.15) is 0 Å². The molecule has 1 saturated carbocycles. The summed E-state index contributed by atoms with van der Waals surface area (Å²) in [5.41, 5.74) is 16.5. The van der Waals surface area contributed by atoms with E-state index in [0.29, 0.717) is 18.3 Å². The van der Waals surface area contributed by atoms with Gasteiger partial charge in [-0.3, -0.25) is 4.40 Å². The Bertz CT molecular complexity index is 1180. The topological polar surface area (TPSA) is 91.5 Å². The summed E-state index contributed by atoms with van der Waals surface area (Å²) in [7, 11) is 0. The van der Waals surface area contributed by atoms with Crippen LogP contribution in [0.1, 0.15) is 36.6 Å². The van der Waals surface area contributed by atoms with Gasteiger partial charge in [0.25, 0.3) is 0 Å². The third kappa shape index (κ3) is 3.27. The maximum Gasteiger partial charge on any atom is 0.150 e. The number of nitrogens with zero attached hydrogens (tertiary/aromatic N) is 3. The minimum atomic E-state index is 0.454. The molecule has 0 aliphatic heterocycles. The van der Waals surface area contributed by atoms with Crippen molar-refractivity contribution >= 4 is 17.0 Å². The summed E-state index contributed by atoms with van der Waals surface area (Å²) in [6.45, 7) is 0.454. The zero-order valence-corrected chi connectivity index (χ0v) is 16.1. The van der Waals surface area contributed by atoms with Gasteiger partial charge in [-0.1, -0.05) is 30.7 Å². The number of hydrogen-bond donors (Lipinski definition) is 2. The lowest BCUT2D eigenvalue weighted by Gasteiger charge is -2.23. The van der Waals surface area contributed by atoms with E-state index < -0.39 is 0 Å². The van der Waals surface area contributed by atoms with Crippen LogP contribution >= 0.6 is 0 Å². The second-order valence-corrected chi connectivity index (χ2v) is 7.54. The monoisotopic (exact) mass is 385 g/mol. The number of nitrogen functional groups attached to an aromatic ring is 2. The largest absolute Gasteiger partial charge is 0.489 e. The van der Waals surface area contributed by atoms with Crippen LogP contribution in [0.2, 0.25) is 0 Å². The van der Waals surface area contributed by atoms with E-state index in [2.05, 4.69) is 9.38 Å². The molecule has 5 rings (SSSR count). The molecule has 2 aromatic carbocycles. The number of ether oxygens (including phenoxy) is 1. The van der Waals surface area contributed by atoms with Crippen molar-refractivity contribution in [1.82, 2.24) is 14.4 Å². The van der Waals surface area contributed by atoms with Crippen LogP contribution in [0.4, 0.5) is 11.5 Å². The molecule has 4 aromatic rings. The molecule has 0 radical (unpaired) electrons. The van der Waals surface area contributed by atoms with Crippen molar-refractivity contribution in [3.63, 3.8) is 0 Å². The van der Waals surface area contributed by atoms with E-state index in [4.69, 9.17) is 21.2 Å². The zero-order chi connectivity index (χ0) is 19.8. The van der Waals surface area contributed by atoms with E-state index in [0.717, 1.165) is 39.6 Å². The highest BCUT2D eigenvalue weighted by Gasteiger charge is 2.26. The first-order chi connectivity index (χ1) is 14.2. The van der Waals surface area contributed by atoms with Crippen LogP contribution < -0.4 is 16.2 Å². The summed E-state index contributed by atoms with van der Waals surface area (Å²) in [6, 6.07) is 15.7. The van der Waals surface area contributed by atoms with Gasteiger partial charge in [0, 0.05) is 29.6 Å². The molecule has 6 nitrogen and oxygen atoms in total. The lowest BCUT2D eigenvalue weighted by Crippen LogP contribution is -2.12. The number of hydrogen-bond acceptors (Lipinski definition) is 5. The fourth-order valence-corrected chi connectivity index (χ4v) is 3.83. The number of anilines is 2. The molecule has 0 bridgehead atoms. The van der Waals surface area contributed by atoms with Gasteiger partial charge in [-0.25, -0.2) is 9.97 Å². The Kier molecular flexibility index (Phi) is 4.31. The molecule has 1 fully saturated rings. The fourth-order valence-electron chi connectivity index (χ4n) is 3.83. The fraction of sp³-hybridized carbons (Fsp3) is 0.217. The van der Waals surface area contributed by atoms with Gasteiger partial charge in [-0.05, 0) is 42.7 Å². The van der Waals surface area contributed by atoms with Crippen molar-refractivity contribution in [2.45, 2.75) is 31.8 Å². The Morgan fingerprint density at radius 3 is 2.72 bits per heavy atom. The summed E-state index contributed by atoms with van der Waals surface area (Å²) in [4.78, 5) is 9.27. The highest BCUT2D eigenvalue weighted by atomic mass is 16.5.